The molecule has 0 aliphatic heterocycles. The minimum atomic E-state index is -0.397. The van der Waals surface area contributed by atoms with Gasteiger partial charge >= 0.3 is 0 Å². The number of thioether (sulfide) groups is 1. The highest BCUT2D eigenvalue weighted by atomic mass is 32.2. The number of hydrogen-bond donors (Lipinski definition) is 3. The SMILES string of the molecule is CSc1ncc(C(=O)N(N)c2ccccc2N)c(NC2CCCC2)n1. The number of carbonyl (C=O) groups is 1. The fraction of sp³-hybridized carbons (Fsp3) is 0.353. The van der Waals surface area contributed by atoms with Crippen molar-refractivity contribution in [3.8, 4) is 0 Å². The molecule has 1 amide bonds. The standard InChI is InChI=1S/C17H22N6OS/c1-25-17-20-10-12(15(22-17)21-11-6-2-3-7-11)16(24)23(19)14-9-5-4-8-13(14)18/h4-5,8-11H,2-3,6-7,18-19H2,1H3,(H,20,21,22). The Morgan fingerprint density at radius 3 is 2.72 bits per heavy atom. The van der Waals surface area contributed by atoms with Crippen LogP contribution in [0, 0.1) is 0 Å². The van der Waals surface area contributed by atoms with Crippen LogP contribution in [0.15, 0.2) is 35.6 Å². The smallest absolute Gasteiger partial charge is 0.277 e. The molecule has 1 heterocycles. The summed E-state index contributed by atoms with van der Waals surface area (Å²) in [6, 6.07) is 7.30. The van der Waals surface area contributed by atoms with Crippen molar-refractivity contribution in [1.82, 2.24) is 9.97 Å². The van der Waals surface area contributed by atoms with E-state index in [0.29, 0.717) is 34.0 Å². The van der Waals surface area contributed by atoms with Gasteiger partial charge in [0.1, 0.15) is 11.4 Å². The second-order valence-electron chi connectivity index (χ2n) is 5.98. The molecule has 0 atom stereocenters. The summed E-state index contributed by atoms with van der Waals surface area (Å²) in [6.45, 7) is 0. The fourth-order valence-corrected chi connectivity index (χ4v) is 3.28. The molecule has 1 aromatic heterocycles. The topological polar surface area (TPSA) is 110 Å². The van der Waals surface area contributed by atoms with Gasteiger partial charge in [-0.3, -0.25) is 4.79 Å². The molecule has 132 valence electrons. The maximum Gasteiger partial charge on any atom is 0.277 e. The monoisotopic (exact) mass is 358 g/mol. The molecule has 0 radical (unpaired) electrons. The Morgan fingerprint density at radius 2 is 2.04 bits per heavy atom. The lowest BCUT2D eigenvalue weighted by Crippen LogP contribution is -2.38. The Morgan fingerprint density at radius 1 is 1.32 bits per heavy atom. The zero-order chi connectivity index (χ0) is 17.8. The van der Waals surface area contributed by atoms with Crippen LogP contribution in [0.3, 0.4) is 0 Å². The summed E-state index contributed by atoms with van der Waals surface area (Å²) in [5, 5.41) is 5.05. The molecule has 0 saturated heterocycles. The Kier molecular flexibility index (Phi) is 5.40. The van der Waals surface area contributed by atoms with Crippen LogP contribution in [0.25, 0.3) is 0 Å². The fourth-order valence-electron chi connectivity index (χ4n) is 2.94. The number of amides is 1. The van der Waals surface area contributed by atoms with Crippen LogP contribution in [-0.2, 0) is 0 Å². The van der Waals surface area contributed by atoms with Gasteiger partial charge in [-0.15, -0.1) is 0 Å². The van der Waals surface area contributed by atoms with E-state index >= 15 is 0 Å². The number of carbonyl (C=O) groups excluding carboxylic acids is 1. The highest BCUT2D eigenvalue weighted by molar-refractivity contribution is 7.98. The molecule has 0 bridgehead atoms. The zero-order valence-corrected chi connectivity index (χ0v) is 14.9. The van der Waals surface area contributed by atoms with Gasteiger partial charge in [0.05, 0.1) is 11.4 Å². The largest absolute Gasteiger partial charge is 0.397 e. The van der Waals surface area contributed by atoms with Crippen molar-refractivity contribution in [2.75, 3.05) is 22.3 Å². The summed E-state index contributed by atoms with van der Waals surface area (Å²) in [7, 11) is 0. The third kappa shape index (κ3) is 3.85. The van der Waals surface area contributed by atoms with Crippen molar-refractivity contribution in [2.24, 2.45) is 5.84 Å². The minimum absolute atomic E-state index is 0.323. The maximum absolute atomic E-state index is 12.9. The van der Waals surface area contributed by atoms with E-state index in [0.717, 1.165) is 17.9 Å². The normalized spacial score (nSPS) is 14.5. The van der Waals surface area contributed by atoms with Crippen molar-refractivity contribution in [3.63, 3.8) is 0 Å². The summed E-state index contributed by atoms with van der Waals surface area (Å²) < 4.78 is 0. The lowest BCUT2D eigenvalue weighted by atomic mass is 10.2. The van der Waals surface area contributed by atoms with Crippen LogP contribution in [0.1, 0.15) is 36.0 Å². The van der Waals surface area contributed by atoms with E-state index in [-0.39, 0.29) is 0 Å². The number of rotatable bonds is 5. The highest BCUT2D eigenvalue weighted by Crippen LogP contribution is 2.27. The van der Waals surface area contributed by atoms with Crippen LogP contribution >= 0.6 is 11.8 Å². The van der Waals surface area contributed by atoms with Crippen molar-refractivity contribution < 1.29 is 4.79 Å². The molecule has 3 rings (SSSR count). The molecular weight excluding hydrogens is 336 g/mol. The van der Waals surface area contributed by atoms with Crippen molar-refractivity contribution in [2.45, 2.75) is 36.9 Å². The van der Waals surface area contributed by atoms with Gasteiger partial charge in [0.15, 0.2) is 5.16 Å². The first-order valence-electron chi connectivity index (χ1n) is 8.21. The number of aromatic nitrogens is 2. The molecule has 1 aromatic carbocycles. The number of hydrogen-bond acceptors (Lipinski definition) is 7. The zero-order valence-electron chi connectivity index (χ0n) is 14.1. The van der Waals surface area contributed by atoms with Crippen LogP contribution in [0.5, 0.6) is 0 Å². The highest BCUT2D eigenvalue weighted by Gasteiger charge is 2.24. The summed E-state index contributed by atoms with van der Waals surface area (Å²) >= 11 is 1.43. The first kappa shape index (κ1) is 17.5. The summed E-state index contributed by atoms with van der Waals surface area (Å²) in [4.78, 5) is 21.6. The number of hydrazine groups is 1. The maximum atomic E-state index is 12.9. The predicted molar refractivity (Wildman–Crippen MR) is 102 cm³/mol. The molecule has 1 aliphatic rings. The van der Waals surface area contributed by atoms with E-state index in [4.69, 9.17) is 11.6 Å². The minimum Gasteiger partial charge on any atom is -0.397 e. The van der Waals surface area contributed by atoms with Crippen LogP contribution in [0.2, 0.25) is 0 Å². The molecule has 1 fully saturated rings. The number of anilines is 3. The first-order chi connectivity index (χ1) is 12.1. The average Bonchev–Trinajstić information content (AvgIpc) is 3.14. The van der Waals surface area contributed by atoms with E-state index in [1.54, 1.807) is 24.3 Å². The van der Waals surface area contributed by atoms with Gasteiger partial charge in [-0.1, -0.05) is 36.7 Å². The second-order valence-corrected chi connectivity index (χ2v) is 6.75. The first-order valence-corrected chi connectivity index (χ1v) is 9.44. The second kappa shape index (κ2) is 7.71. The Hall–Kier alpha value is -2.32. The summed E-state index contributed by atoms with van der Waals surface area (Å²) in [5.74, 6) is 6.17. The van der Waals surface area contributed by atoms with Gasteiger partial charge in [0.25, 0.3) is 5.91 Å². The number of nitrogens with one attached hydrogen (secondary N) is 1. The molecule has 1 aliphatic carbocycles. The molecule has 8 heteroatoms. The quantitative estimate of drug-likeness (QED) is 0.188. The van der Waals surface area contributed by atoms with Gasteiger partial charge in [-0.25, -0.2) is 20.8 Å². The Bertz CT molecular complexity index is 763. The molecule has 2 aromatic rings. The van der Waals surface area contributed by atoms with Crippen molar-refractivity contribution in [3.05, 3.63) is 36.0 Å². The predicted octanol–water partition coefficient (Wildman–Crippen LogP) is 2.66. The number of nitrogen functional groups attached to an aromatic ring is 1. The van der Waals surface area contributed by atoms with Crippen LogP contribution < -0.4 is 21.9 Å². The van der Waals surface area contributed by atoms with E-state index in [9.17, 15) is 4.79 Å². The van der Waals surface area contributed by atoms with E-state index in [2.05, 4.69) is 15.3 Å². The molecule has 25 heavy (non-hydrogen) atoms. The Labute approximate surface area is 151 Å². The third-order valence-electron chi connectivity index (χ3n) is 4.29. The van der Waals surface area contributed by atoms with E-state index in [1.165, 1.54) is 30.8 Å². The molecule has 0 unspecified atom stereocenters. The number of nitrogens with two attached hydrogens (primary N) is 2. The summed E-state index contributed by atoms with van der Waals surface area (Å²) in [5.41, 5.74) is 7.16. The summed E-state index contributed by atoms with van der Waals surface area (Å²) in [6.07, 6.45) is 7.94. The third-order valence-corrected chi connectivity index (χ3v) is 4.85. The molecule has 0 spiro atoms. The van der Waals surface area contributed by atoms with Gasteiger partial charge in [0.2, 0.25) is 0 Å². The number of para-hydroxylation sites is 2. The Balaban J connectivity index is 1.91. The average molecular weight is 358 g/mol. The van der Waals surface area contributed by atoms with Gasteiger partial charge in [-0.05, 0) is 31.2 Å². The van der Waals surface area contributed by atoms with Gasteiger partial charge in [0, 0.05) is 12.2 Å². The van der Waals surface area contributed by atoms with Gasteiger partial charge in [-0.2, -0.15) is 0 Å². The van der Waals surface area contributed by atoms with Crippen LogP contribution in [-0.4, -0.2) is 28.2 Å². The number of benzene rings is 1. The van der Waals surface area contributed by atoms with Crippen LogP contribution in [0.4, 0.5) is 17.2 Å². The molecule has 1 saturated carbocycles. The van der Waals surface area contributed by atoms with E-state index < -0.39 is 5.91 Å². The van der Waals surface area contributed by atoms with E-state index in [1.807, 2.05) is 6.26 Å². The molecule has 7 nitrogen and oxygen atoms in total. The lowest BCUT2D eigenvalue weighted by molar-refractivity contribution is 0.0987. The van der Waals surface area contributed by atoms with Crippen molar-refractivity contribution >= 4 is 34.9 Å². The number of nitrogens with zero attached hydrogens (tertiary/aromatic N) is 3. The lowest BCUT2D eigenvalue weighted by Gasteiger charge is -2.21. The van der Waals surface area contributed by atoms with Crippen molar-refractivity contribution in [1.29, 1.82) is 0 Å². The molecular formula is C17H22N6OS. The van der Waals surface area contributed by atoms with Gasteiger partial charge < -0.3 is 11.1 Å². The molecule has 5 N–H and O–H groups in total.